The number of carbonyl (C=O) groups excluding carboxylic acids is 2. The molecule has 0 aliphatic rings. The molecule has 0 aliphatic heterocycles. The van der Waals surface area contributed by atoms with E-state index in [1.807, 2.05) is 18.2 Å². The first-order valence-corrected chi connectivity index (χ1v) is 7.32. The standard InChI is InChI=1S/C14H20BrN3O3/c1-18(14(20)9-16-7-8-21-2)10-13(19)17-12-6-4-3-5-11(12)15/h3-6,16H,7-10H2,1-2H3,(H,17,19). The van der Waals surface area contributed by atoms with Crippen LogP contribution in [0.2, 0.25) is 0 Å². The molecule has 0 heterocycles. The first-order valence-electron chi connectivity index (χ1n) is 6.52. The zero-order valence-electron chi connectivity index (χ0n) is 12.2. The monoisotopic (exact) mass is 357 g/mol. The van der Waals surface area contributed by atoms with E-state index in [0.717, 1.165) is 4.47 Å². The Bertz CT molecular complexity index is 482. The van der Waals surface area contributed by atoms with Crippen molar-refractivity contribution in [3.63, 3.8) is 0 Å². The minimum atomic E-state index is -0.241. The molecule has 1 aromatic carbocycles. The van der Waals surface area contributed by atoms with E-state index in [2.05, 4.69) is 26.6 Å². The van der Waals surface area contributed by atoms with Crippen LogP contribution in [0.4, 0.5) is 5.69 Å². The van der Waals surface area contributed by atoms with Crippen LogP contribution in [0.15, 0.2) is 28.7 Å². The summed E-state index contributed by atoms with van der Waals surface area (Å²) >= 11 is 3.35. The maximum atomic E-state index is 11.9. The van der Waals surface area contributed by atoms with Crippen LogP contribution in [0, 0.1) is 0 Å². The number of rotatable bonds is 8. The minimum absolute atomic E-state index is 0.00608. The van der Waals surface area contributed by atoms with E-state index < -0.39 is 0 Å². The Hall–Kier alpha value is -1.44. The molecule has 0 fully saturated rings. The van der Waals surface area contributed by atoms with Crippen molar-refractivity contribution in [1.29, 1.82) is 0 Å². The van der Waals surface area contributed by atoms with Gasteiger partial charge in [0.05, 0.1) is 25.4 Å². The van der Waals surface area contributed by atoms with Crippen LogP contribution in [0.5, 0.6) is 0 Å². The number of halogens is 1. The number of benzene rings is 1. The van der Waals surface area contributed by atoms with E-state index in [1.54, 1.807) is 20.2 Å². The highest BCUT2D eigenvalue weighted by Gasteiger charge is 2.13. The van der Waals surface area contributed by atoms with Gasteiger partial charge in [-0.15, -0.1) is 0 Å². The summed E-state index contributed by atoms with van der Waals surface area (Å²) in [6.45, 7) is 1.33. The maximum absolute atomic E-state index is 11.9. The summed E-state index contributed by atoms with van der Waals surface area (Å²) < 4.78 is 5.67. The van der Waals surface area contributed by atoms with Gasteiger partial charge in [0.25, 0.3) is 0 Å². The Labute approximate surface area is 133 Å². The number of ether oxygens (including phenoxy) is 1. The fraction of sp³-hybridized carbons (Fsp3) is 0.429. The van der Waals surface area contributed by atoms with E-state index in [-0.39, 0.29) is 24.9 Å². The summed E-state index contributed by atoms with van der Waals surface area (Å²) in [6.07, 6.45) is 0. The molecule has 1 aromatic rings. The second-order valence-corrected chi connectivity index (χ2v) is 5.30. The lowest BCUT2D eigenvalue weighted by atomic mass is 10.3. The third-order valence-electron chi connectivity index (χ3n) is 2.71. The molecule has 21 heavy (non-hydrogen) atoms. The molecule has 116 valence electrons. The van der Waals surface area contributed by atoms with Crippen LogP contribution in [-0.2, 0) is 14.3 Å². The number of hydrogen-bond acceptors (Lipinski definition) is 4. The Morgan fingerprint density at radius 3 is 2.71 bits per heavy atom. The van der Waals surface area contributed by atoms with E-state index in [9.17, 15) is 9.59 Å². The lowest BCUT2D eigenvalue weighted by Gasteiger charge is -2.17. The lowest BCUT2D eigenvalue weighted by Crippen LogP contribution is -2.40. The van der Waals surface area contributed by atoms with E-state index in [0.29, 0.717) is 18.8 Å². The Morgan fingerprint density at radius 1 is 1.33 bits per heavy atom. The number of para-hydroxylation sites is 1. The van der Waals surface area contributed by atoms with Gasteiger partial charge in [0.2, 0.25) is 11.8 Å². The van der Waals surface area contributed by atoms with Crippen molar-refractivity contribution in [2.24, 2.45) is 0 Å². The predicted molar refractivity (Wildman–Crippen MR) is 85.2 cm³/mol. The molecule has 0 radical (unpaired) electrons. The first kappa shape index (κ1) is 17.6. The molecule has 0 aromatic heterocycles. The first-order chi connectivity index (χ1) is 10.0. The van der Waals surface area contributed by atoms with Crippen LogP contribution in [0.25, 0.3) is 0 Å². The fourth-order valence-electron chi connectivity index (χ4n) is 1.56. The molecule has 0 atom stereocenters. The average molecular weight is 358 g/mol. The molecule has 2 amide bonds. The number of hydrogen-bond donors (Lipinski definition) is 2. The summed E-state index contributed by atoms with van der Waals surface area (Å²) in [5, 5.41) is 5.70. The van der Waals surface area contributed by atoms with Gasteiger partial charge >= 0.3 is 0 Å². The number of methoxy groups -OCH3 is 1. The second-order valence-electron chi connectivity index (χ2n) is 4.45. The average Bonchev–Trinajstić information content (AvgIpc) is 2.45. The molecular formula is C14H20BrN3O3. The van der Waals surface area contributed by atoms with Gasteiger partial charge in [0.15, 0.2) is 0 Å². The smallest absolute Gasteiger partial charge is 0.244 e. The molecule has 0 bridgehead atoms. The van der Waals surface area contributed by atoms with Gasteiger partial charge in [-0.3, -0.25) is 9.59 Å². The Morgan fingerprint density at radius 2 is 2.05 bits per heavy atom. The Balaban J connectivity index is 2.36. The summed E-state index contributed by atoms with van der Waals surface area (Å²) in [5.41, 5.74) is 0.682. The van der Waals surface area contributed by atoms with Crippen molar-refractivity contribution in [1.82, 2.24) is 10.2 Å². The highest BCUT2D eigenvalue weighted by molar-refractivity contribution is 9.10. The molecule has 2 N–H and O–H groups in total. The van der Waals surface area contributed by atoms with Crippen molar-refractivity contribution < 1.29 is 14.3 Å². The number of nitrogens with one attached hydrogen (secondary N) is 2. The number of likely N-dealkylation sites (N-methyl/N-ethyl adjacent to an activating group) is 1. The fourth-order valence-corrected chi connectivity index (χ4v) is 1.94. The predicted octanol–water partition coefficient (Wildman–Crippen LogP) is 1.08. The van der Waals surface area contributed by atoms with E-state index >= 15 is 0 Å². The molecule has 0 unspecified atom stereocenters. The van der Waals surface area contributed by atoms with Crippen LogP contribution < -0.4 is 10.6 Å². The molecular weight excluding hydrogens is 338 g/mol. The van der Waals surface area contributed by atoms with Gasteiger partial charge in [-0.1, -0.05) is 12.1 Å². The highest BCUT2D eigenvalue weighted by atomic mass is 79.9. The summed E-state index contributed by atoms with van der Waals surface area (Å²) in [6, 6.07) is 7.32. The second kappa shape index (κ2) is 9.49. The van der Waals surface area contributed by atoms with Crippen LogP contribution in [0.3, 0.4) is 0 Å². The van der Waals surface area contributed by atoms with Gasteiger partial charge in [0.1, 0.15) is 0 Å². The highest BCUT2D eigenvalue weighted by Crippen LogP contribution is 2.20. The molecule has 0 aliphatic carbocycles. The molecule has 1 rings (SSSR count). The van der Waals surface area contributed by atoms with Crippen molar-refractivity contribution in [2.45, 2.75) is 0 Å². The van der Waals surface area contributed by atoms with Crippen LogP contribution in [-0.4, -0.2) is 57.1 Å². The third kappa shape index (κ3) is 6.70. The summed E-state index contributed by atoms with van der Waals surface area (Å²) in [7, 11) is 3.20. The summed E-state index contributed by atoms with van der Waals surface area (Å²) in [5.74, 6) is -0.386. The zero-order chi connectivity index (χ0) is 15.7. The SMILES string of the molecule is COCCNCC(=O)N(C)CC(=O)Nc1ccccc1Br. The maximum Gasteiger partial charge on any atom is 0.244 e. The number of carbonyl (C=O) groups is 2. The number of anilines is 1. The van der Waals surface area contributed by atoms with Crippen LogP contribution >= 0.6 is 15.9 Å². The van der Waals surface area contributed by atoms with Gasteiger partial charge in [-0.25, -0.2) is 0 Å². The number of amides is 2. The van der Waals surface area contributed by atoms with Gasteiger partial charge < -0.3 is 20.3 Å². The molecule has 0 spiro atoms. The largest absolute Gasteiger partial charge is 0.383 e. The van der Waals surface area contributed by atoms with E-state index in [4.69, 9.17) is 4.74 Å². The van der Waals surface area contributed by atoms with Crippen molar-refractivity contribution >= 4 is 33.4 Å². The van der Waals surface area contributed by atoms with E-state index in [1.165, 1.54) is 4.90 Å². The molecule has 6 nitrogen and oxygen atoms in total. The zero-order valence-corrected chi connectivity index (χ0v) is 13.8. The number of nitrogens with zero attached hydrogens (tertiary/aromatic N) is 1. The third-order valence-corrected chi connectivity index (χ3v) is 3.41. The van der Waals surface area contributed by atoms with Gasteiger partial charge in [0, 0.05) is 25.2 Å². The van der Waals surface area contributed by atoms with Gasteiger partial charge in [-0.05, 0) is 28.1 Å². The van der Waals surface area contributed by atoms with Crippen molar-refractivity contribution in [3.05, 3.63) is 28.7 Å². The normalized spacial score (nSPS) is 10.2. The quantitative estimate of drug-likeness (QED) is 0.683. The Kier molecular flexibility index (Phi) is 7.96. The lowest BCUT2D eigenvalue weighted by molar-refractivity contribution is -0.132. The van der Waals surface area contributed by atoms with Gasteiger partial charge in [-0.2, -0.15) is 0 Å². The van der Waals surface area contributed by atoms with Crippen molar-refractivity contribution in [3.8, 4) is 0 Å². The molecule has 7 heteroatoms. The molecule has 0 saturated carbocycles. The molecule has 0 saturated heterocycles. The summed E-state index contributed by atoms with van der Waals surface area (Å²) in [4.78, 5) is 25.1. The minimum Gasteiger partial charge on any atom is -0.383 e. The van der Waals surface area contributed by atoms with Crippen LogP contribution in [0.1, 0.15) is 0 Å². The van der Waals surface area contributed by atoms with Crippen molar-refractivity contribution in [2.75, 3.05) is 45.7 Å². The topological polar surface area (TPSA) is 70.7 Å².